The molecule has 1 N–H and O–H groups in total. The van der Waals surface area contributed by atoms with Gasteiger partial charge < -0.3 is 15.0 Å². The molecule has 3 rings (SSSR count). The Morgan fingerprint density at radius 3 is 2.85 bits per heavy atom. The minimum Gasteiger partial charge on any atom is -0.378 e. The van der Waals surface area contributed by atoms with Crippen LogP contribution >= 0.6 is 23.1 Å². The minimum absolute atomic E-state index is 0.444. The van der Waals surface area contributed by atoms with Gasteiger partial charge in [-0.2, -0.15) is 0 Å². The number of piperidine rings is 1. The smallest absolute Gasteiger partial charge is 0.193 e. The molecule has 0 amide bonds. The molecule has 0 atom stereocenters. The summed E-state index contributed by atoms with van der Waals surface area (Å²) in [7, 11) is 1.88. The van der Waals surface area contributed by atoms with Gasteiger partial charge in [-0.25, -0.2) is 4.98 Å². The van der Waals surface area contributed by atoms with Crippen molar-refractivity contribution in [1.82, 2.24) is 15.2 Å². The second-order valence-electron chi connectivity index (χ2n) is 7.14. The van der Waals surface area contributed by atoms with Crippen LogP contribution in [0.1, 0.15) is 44.9 Å². The largest absolute Gasteiger partial charge is 0.378 e. The van der Waals surface area contributed by atoms with Crippen molar-refractivity contribution in [3.63, 3.8) is 0 Å². The maximum Gasteiger partial charge on any atom is 0.193 e. The highest BCUT2D eigenvalue weighted by Crippen LogP contribution is 2.26. The quantitative estimate of drug-likeness (QED) is 0.313. The molecule has 1 aromatic rings. The lowest BCUT2D eigenvalue weighted by molar-refractivity contribution is 0.00102. The number of hydrogen-bond acceptors (Lipinski definition) is 5. The van der Waals surface area contributed by atoms with Gasteiger partial charge in [-0.05, 0) is 38.0 Å². The maximum absolute atomic E-state index is 6.18. The number of guanidine groups is 1. The average molecular weight is 397 g/mol. The van der Waals surface area contributed by atoms with E-state index in [-0.39, 0.29) is 0 Å². The van der Waals surface area contributed by atoms with E-state index in [1.807, 2.05) is 30.4 Å². The summed E-state index contributed by atoms with van der Waals surface area (Å²) in [5.41, 5.74) is 0. The summed E-state index contributed by atoms with van der Waals surface area (Å²) in [6.07, 6.45) is 11.2. The van der Waals surface area contributed by atoms with Crippen LogP contribution in [-0.2, 0) is 4.74 Å². The Morgan fingerprint density at radius 1 is 1.35 bits per heavy atom. The van der Waals surface area contributed by atoms with E-state index in [2.05, 4.69) is 20.2 Å². The number of thiazole rings is 1. The number of nitrogens with zero attached hydrogens (tertiary/aromatic N) is 3. The Bertz CT molecular complexity index is 524. The van der Waals surface area contributed by atoms with Crippen LogP contribution in [0.2, 0.25) is 0 Å². The van der Waals surface area contributed by atoms with Crippen molar-refractivity contribution in [3.05, 3.63) is 11.6 Å². The molecule has 1 aliphatic heterocycles. The van der Waals surface area contributed by atoms with Crippen LogP contribution < -0.4 is 5.32 Å². The first-order valence-corrected chi connectivity index (χ1v) is 11.8. The fourth-order valence-corrected chi connectivity index (χ4v) is 5.38. The van der Waals surface area contributed by atoms with Gasteiger partial charge in [0, 0.05) is 50.6 Å². The van der Waals surface area contributed by atoms with Gasteiger partial charge in [0.1, 0.15) is 4.34 Å². The Labute approximate surface area is 166 Å². The van der Waals surface area contributed by atoms with Crippen LogP contribution in [0.3, 0.4) is 0 Å². The number of ether oxygens (including phenoxy) is 1. The van der Waals surface area contributed by atoms with Gasteiger partial charge in [0.25, 0.3) is 0 Å². The molecular formula is C19H32N4OS2. The molecule has 0 bridgehead atoms. The highest BCUT2D eigenvalue weighted by Gasteiger charge is 2.23. The van der Waals surface area contributed by atoms with Crippen LogP contribution in [0.15, 0.2) is 20.9 Å². The lowest BCUT2D eigenvalue weighted by Crippen LogP contribution is -2.47. The van der Waals surface area contributed by atoms with Crippen molar-refractivity contribution in [1.29, 1.82) is 0 Å². The molecular weight excluding hydrogens is 364 g/mol. The summed E-state index contributed by atoms with van der Waals surface area (Å²) in [5.74, 6) is 2.96. The monoisotopic (exact) mass is 396 g/mol. The van der Waals surface area contributed by atoms with Gasteiger partial charge >= 0.3 is 0 Å². The van der Waals surface area contributed by atoms with Gasteiger partial charge in [-0.3, -0.25) is 4.99 Å². The van der Waals surface area contributed by atoms with Crippen LogP contribution in [-0.4, -0.2) is 61.0 Å². The number of thioether (sulfide) groups is 1. The zero-order valence-electron chi connectivity index (χ0n) is 15.9. The Kier molecular flexibility index (Phi) is 8.55. The van der Waals surface area contributed by atoms with Crippen molar-refractivity contribution in [2.75, 3.05) is 39.0 Å². The van der Waals surface area contributed by atoms with Gasteiger partial charge in [0.05, 0.1) is 6.10 Å². The van der Waals surface area contributed by atoms with E-state index in [9.17, 15) is 0 Å². The molecule has 1 saturated heterocycles. The normalized spacial score (nSPS) is 20.0. The first kappa shape index (κ1) is 20.0. The predicted octanol–water partition coefficient (Wildman–Crippen LogP) is 3.87. The Hall–Kier alpha value is -0.790. The van der Waals surface area contributed by atoms with Crippen molar-refractivity contribution in [2.45, 2.75) is 55.4 Å². The van der Waals surface area contributed by atoms with Crippen LogP contribution in [0, 0.1) is 5.92 Å². The first-order valence-electron chi connectivity index (χ1n) is 9.94. The molecule has 146 valence electrons. The standard InChI is InChI=1S/C19H32N4OS2/c1-20-18(21-9-4-13-25-19-22-10-14-26-19)23-11-7-17(8-12-23)24-15-16-5-2-3-6-16/h10,14,16-17H,2-9,11-13,15H2,1H3,(H,20,21). The summed E-state index contributed by atoms with van der Waals surface area (Å²) < 4.78 is 7.34. The van der Waals surface area contributed by atoms with Crippen LogP contribution in [0.5, 0.6) is 0 Å². The predicted molar refractivity (Wildman–Crippen MR) is 111 cm³/mol. The molecule has 7 heteroatoms. The number of aliphatic imine (C=N–C) groups is 1. The zero-order valence-corrected chi connectivity index (χ0v) is 17.5. The van der Waals surface area contributed by atoms with Gasteiger partial charge in [-0.1, -0.05) is 24.6 Å². The van der Waals surface area contributed by atoms with E-state index in [1.54, 1.807) is 11.3 Å². The van der Waals surface area contributed by atoms with Crippen LogP contribution in [0.4, 0.5) is 0 Å². The highest BCUT2D eigenvalue weighted by atomic mass is 32.2. The molecule has 1 aromatic heterocycles. The molecule has 2 fully saturated rings. The fourth-order valence-electron chi connectivity index (χ4n) is 3.73. The summed E-state index contributed by atoms with van der Waals surface area (Å²) in [6, 6.07) is 0. The molecule has 26 heavy (non-hydrogen) atoms. The van der Waals surface area contributed by atoms with E-state index in [1.165, 1.54) is 25.7 Å². The van der Waals surface area contributed by atoms with E-state index in [0.717, 1.165) is 67.5 Å². The van der Waals surface area contributed by atoms with Crippen molar-refractivity contribution in [2.24, 2.45) is 10.9 Å². The van der Waals surface area contributed by atoms with Crippen molar-refractivity contribution >= 4 is 29.1 Å². The van der Waals surface area contributed by atoms with Crippen LogP contribution in [0.25, 0.3) is 0 Å². The zero-order chi connectivity index (χ0) is 18.0. The van der Waals surface area contributed by atoms with E-state index in [4.69, 9.17) is 4.74 Å². The maximum atomic E-state index is 6.18. The van der Waals surface area contributed by atoms with Gasteiger partial charge in [0.2, 0.25) is 0 Å². The summed E-state index contributed by atoms with van der Waals surface area (Å²) in [4.78, 5) is 11.1. The lowest BCUT2D eigenvalue weighted by Gasteiger charge is -2.34. The third-order valence-electron chi connectivity index (χ3n) is 5.24. The number of likely N-dealkylation sites (tertiary alicyclic amines) is 1. The minimum atomic E-state index is 0.444. The molecule has 1 aliphatic carbocycles. The van der Waals surface area contributed by atoms with E-state index in [0.29, 0.717) is 6.10 Å². The topological polar surface area (TPSA) is 49.8 Å². The second-order valence-corrected chi connectivity index (χ2v) is 9.38. The third-order valence-corrected chi connectivity index (χ3v) is 7.29. The molecule has 0 aromatic carbocycles. The SMILES string of the molecule is CN=C(NCCCSc1nccs1)N1CCC(OCC2CCCC2)CC1. The molecule has 1 saturated carbocycles. The molecule has 0 unspecified atom stereocenters. The van der Waals surface area contributed by atoms with Gasteiger partial charge in [-0.15, -0.1) is 11.3 Å². The lowest BCUT2D eigenvalue weighted by atomic mass is 10.1. The summed E-state index contributed by atoms with van der Waals surface area (Å²) in [6.45, 7) is 4.03. The first-order chi connectivity index (χ1) is 12.8. The van der Waals surface area contributed by atoms with E-state index < -0.39 is 0 Å². The fraction of sp³-hybridized carbons (Fsp3) is 0.789. The summed E-state index contributed by atoms with van der Waals surface area (Å²) >= 11 is 3.55. The van der Waals surface area contributed by atoms with Gasteiger partial charge in [0.15, 0.2) is 5.96 Å². The van der Waals surface area contributed by atoms with Crippen molar-refractivity contribution < 1.29 is 4.74 Å². The number of aromatic nitrogens is 1. The average Bonchev–Trinajstić information content (AvgIpc) is 3.37. The molecule has 2 heterocycles. The Balaban J connectivity index is 1.28. The highest BCUT2D eigenvalue weighted by molar-refractivity contribution is 8.00. The number of hydrogen-bond donors (Lipinski definition) is 1. The number of nitrogens with one attached hydrogen (secondary N) is 1. The van der Waals surface area contributed by atoms with Crippen molar-refractivity contribution in [3.8, 4) is 0 Å². The molecule has 0 radical (unpaired) electrons. The van der Waals surface area contributed by atoms with E-state index >= 15 is 0 Å². The summed E-state index contributed by atoms with van der Waals surface area (Å²) in [5, 5.41) is 5.55. The second kappa shape index (κ2) is 11.1. The molecule has 0 spiro atoms. The molecule has 2 aliphatic rings. The molecule has 5 nitrogen and oxygen atoms in total. The third kappa shape index (κ3) is 6.43. The Morgan fingerprint density at radius 2 is 2.15 bits per heavy atom. The number of rotatable bonds is 8.